The molecule has 0 atom stereocenters. The second-order valence-electron chi connectivity index (χ2n) is 6.15. The summed E-state index contributed by atoms with van der Waals surface area (Å²) in [6, 6.07) is 13.1. The fourth-order valence-corrected chi connectivity index (χ4v) is 2.63. The van der Waals surface area contributed by atoms with Crippen LogP contribution in [-0.4, -0.2) is 5.71 Å². The van der Waals surface area contributed by atoms with Crippen LogP contribution in [0.2, 0.25) is 0 Å². The number of nitrogens with one attached hydrogen (secondary N) is 1. The summed E-state index contributed by atoms with van der Waals surface area (Å²) in [5.41, 5.74) is 5.59. The Morgan fingerprint density at radius 2 is 1.86 bits per heavy atom. The highest BCUT2D eigenvalue weighted by Gasteiger charge is 2.31. The fraction of sp³-hybridized carbons (Fsp3) is 0.294. The second-order valence-corrected chi connectivity index (χ2v) is 6.15. The number of hydrazone groups is 1. The molecule has 4 heteroatoms. The van der Waals surface area contributed by atoms with E-state index in [9.17, 15) is 4.79 Å². The van der Waals surface area contributed by atoms with Crippen molar-refractivity contribution in [3.05, 3.63) is 64.2 Å². The lowest BCUT2D eigenvalue weighted by Crippen LogP contribution is -2.29. The predicted octanol–water partition coefficient (Wildman–Crippen LogP) is 3.43. The van der Waals surface area contributed by atoms with Crippen LogP contribution in [0.5, 0.6) is 0 Å². The first-order chi connectivity index (χ1) is 10.0. The van der Waals surface area contributed by atoms with Gasteiger partial charge in [0.15, 0.2) is 0 Å². The van der Waals surface area contributed by atoms with Gasteiger partial charge in [-0.05, 0) is 30.0 Å². The first-order valence-corrected chi connectivity index (χ1v) is 7.05. The van der Waals surface area contributed by atoms with E-state index in [2.05, 4.69) is 24.4 Å². The monoisotopic (exact) mass is 282 g/mol. The molecule has 0 spiro atoms. The van der Waals surface area contributed by atoms with Crippen LogP contribution < -0.4 is 11.1 Å². The summed E-state index contributed by atoms with van der Waals surface area (Å²) < 4.78 is 5.35. The van der Waals surface area contributed by atoms with Gasteiger partial charge in [0.2, 0.25) is 0 Å². The van der Waals surface area contributed by atoms with Gasteiger partial charge in [-0.25, -0.2) is 4.79 Å². The number of hydrogen-bond donors (Lipinski definition) is 1. The van der Waals surface area contributed by atoms with Gasteiger partial charge in [-0.2, -0.15) is 5.10 Å². The van der Waals surface area contributed by atoms with E-state index in [4.69, 9.17) is 4.42 Å². The molecule has 0 saturated carbocycles. The molecule has 1 aromatic heterocycles. The molecule has 1 aromatic carbocycles. The minimum atomic E-state index is -0.304. The average Bonchev–Trinajstić information content (AvgIpc) is 2.44. The van der Waals surface area contributed by atoms with Gasteiger partial charge < -0.3 is 4.42 Å². The lowest BCUT2D eigenvalue weighted by Gasteiger charge is -2.30. The zero-order valence-electron chi connectivity index (χ0n) is 12.2. The van der Waals surface area contributed by atoms with Crippen molar-refractivity contribution >= 4 is 11.4 Å². The molecule has 0 unspecified atom stereocenters. The van der Waals surface area contributed by atoms with Gasteiger partial charge in [0.25, 0.3) is 0 Å². The zero-order chi connectivity index (χ0) is 14.9. The van der Waals surface area contributed by atoms with Crippen LogP contribution in [0.4, 0.5) is 5.69 Å². The Labute approximate surface area is 123 Å². The van der Waals surface area contributed by atoms with Gasteiger partial charge in [-0.1, -0.05) is 32.0 Å². The van der Waals surface area contributed by atoms with Gasteiger partial charge >= 0.3 is 5.63 Å². The summed E-state index contributed by atoms with van der Waals surface area (Å²) in [5, 5.41) is 4.52. The molecular weight excluding hydrogens is 264 g/mol. The Hall–Kier alpha value is -2.36. The van der Waals surface area contributed by atoms with Crippen LogP contribution in [0.15, 0.2) is 56.8 Å². The van der Waals surface area contributed by atoms with Crippen LogP contribution in [0, 0.1) is 5.41 Å². The highest BCUT2D eigenvalue weighted by molar-refractivity contribution is 6.03. The molecule has 3 rings (SSSR count). The third kappa shape index (κ3) is 3.05. The van der Waals surface area contributed by atoms with Gasteiger partial charge in [0.1, 0.15) is 5.76 Å². The fourth-order valence-electron chi connectivity index (χ4n) is 2.63. The highest BCUT2D eigenvalue weighted by atomic mass is 16.4. The van der Waals surface area contributed by atoms with E-state index in [-0.39, 0.29) is 11.0 Å². The highest BCUT2D eigenvalue weighted by Crippen LogP contribution is 2.34. The Balaban J connectivity index is 1.97. The zero-order valence-corrected chi connectivity index (χ0v) is 12.2. The number of benzene rings is 1. The van der Waals surface area contributed by atoms with Crippen LogP contribution in [0.1, 0.15) is 31.6 Å². The molecule has 1 heterocycles. The van der Waals surface area contributed by atoms with Gasteiger partial charge in [0, 0.05) is 18.1 Å². The largest absolute Gasteiger partial charge is 0.427 e. The molecule has 0 bridgehead atoms. The lowest BCUT2D eigenvalue weighted by molar-refractivity contribution is 0.318. The lowest BCUT2D eigenvalue weighted by atomic mass is 9.76. The molecule has 0 amide bonds. The summed E-state index contributed by atoms with van der Waals surface area (Å²) in [6.45, 7) is 4.31. The maximum atomic E-state index is 11.4. The molecule has 1 N–H and O–H groups in total. The quantitative estimate of drug-likeness (QED) is 0.859. The van der Waals surface area contributed by atoms with E-state index in [0.717, 1.165) is 35.6 Å². The van der Waals surface area contributed by atoms with Crippen LogP contribution >= 0.6 is 0 Å². The molecule has 0 saturated heterocycles. The van der Waals surface area contributed by atoms with E-state index < -0.39 is 0 Å². The third-order valence-corrected chi connectivity index (χ3v) is 3.60. The summed E-state index contributed by atoms with van der Waals surface area (Å²) in [7, 11) is 0. The van der Waals surface area contributed by atoms with E-state index in [0.29, 0.717) is 0 Å². The van der Waals surface area contributed by atoms with Gasteiger partial charge in [0.05, 0.1) is 11.4 Å². The maximum Gasteiger partial charge on any atom is 0.335 e. The van der Waals surface area contributed by atoms with Crippen LogP contribution in [0.3, 0.4) is 0 Å². The molecule has 0 aliphatic heterocycles. The second kappa shape index (κ2) is 5.20. The molecule has 0 fully saturated rings. The minimum Gasteiger partial charge on any atom is -0.427 e. The van der Waals surface area contributed by atoms with Crippen molar-refractivity contribution in [2.45, 2.75) is 26.7 Å². The Bertz CT molecular complexity index is 730. The minimum absolute atomic E-state index is 0.0293. The molecular formula is C17H18N2O2. The van der Waals surface area contributed by atoms with Gasteiger partial charge in [-0.15, -0.1) is 0 Å². The van der Waals surface area contributed by atoms with Crippen molar-refractivity contribution in [1.29, 1.82) is 0 Å². The molecule has 2 aromatic rings. The number of hydrogen-bond acceptors (Lipinski definition) is 4. The van der Waals surface area contributed by atoms with Crippen molar-refractivity contribution in [2.24, 2.45) is 10.5 Å². The maximum absolute atomic E-state index is 11.4. The molecule has 1 aliphatic rings. The standard InChI is InChI=1S/C17H18N2O2/c1-17(2)10-14(19-18-12-6-4-3-5-7-12)13-8-9-16(20)21-15(13)11-17/h3-9,18H,10-11H2,1-2H3/b19-14+. The van der Waals surface area contributed by atoms with Crippen molar-refractivity contribution in [2.75, 3.05) is 5.43 Å². The molecule has 0 radical (unpaired) electrons. The smallest absolute Gasteiger partial charge is 0.335 e. The van der Waals surface area contributed by atoms with Crippen molar-refractivity contribution < 1.29 is 4.42 Å². The first kappa shape index (κ1) is 13.6. The van der Waals surface area contributed by atoms with E-state index in [1.165, 1.54) is 6.07 Å². The van der Waals surface area contributed by atoms with E-state index >= 15 is 0 Å². The number of fused-ring (bicyclic) bond motifs is 1. The van der Waals surface area contributed by atoms with Crippen molar-refractivity contribution in [3.8, 4) is 0 Å². The number of rotatable bonds is 2. The molecule has 1 aliphatic carbocycles. The van der Waals surface area contributed by atoms with Crippen LogP contribution in [-0.2, 0) is 6.42 Å². The number of anilines is 1. The van der Waals surface area contributed by atoms with Crippen LogP contribution in [0.25, 0.3) is 0 Å². The molecule has 21 heavy (non-hydrogen) atoms. The Morgan fingerprint density at radius 3 is 2.62 bits per heavy atom. The Kier molecular flexibility index (Phi) is 3.37. The third-order valence-electron chi connectivity index (χ3n) is 3.60. The van der Waals surface area contributed by atoms with Crippen molar-refractivity contribution in [3.63, 3.8) is 0 Å². The summed E-state index contributed by atoms with van der Waals surface area (Å²) in [6.07, 6.45) is 1.59. The summed E-state index contributed by atoms with van der Waals surface area (Å²) >= 11 is 0. The normalized spacial score (nSPS) is 18.3. The summed E-state index contributed by atoms with van der Waals surface area (Å²) in [4.78, 5) is 11.4. The van der Waals surface area contributed by atoms with E-state index in [1.807, 2.05) is 36.4 Å². The van der Waals surface area contributed by atoms with Crippen molar-refractivity contribution in [1.82, 2.24) is 0 Å². The summed E-state index contributed by atoms with van der Waals surface area (Å²) in [5.74, 6) is 0.729. The number of nitrogens with zero attached hydrogens (tertiary/aromatic N) is 1. The number of para-hydroxylation sites is 1. The van der Waals surface area contributed by atoms with E-state index in [1.54, 1.807) is 0 Å². The molecule has 108 valence electrons. The topological polar surface area (TPSA) is 54.6 Å². The predicted molar refractivity (Wildman–Crippen MR) is 83.7 cm³/mol. The first-order valence-electron chi connectivity index (χ1n) is 7.05. The Morgan fingerprint density at radius 1 is 1.10 bits per heavy atom. The molecule has 4 nitrogen and oxygen atoms in total. The average molecular weight is 282 g/mol. The van der Waals surface area contributed by atoms with Gasteiger partial charge in [-0.3, -0.25) is 5.43 Å². The SMILES string of the molecule is CC1(C)C/C(=N\Nc2ccccc2)c2ccc(=O)oc2C1.